The first kappa shape index (κ1) is 14.2. The average molecular weight is 345 g/mol. The highest BCUT2D eigenvalue weighted by atomic mass is 79.9. The Balaban J connectivity index is 2.31. The molecule has 1 aromatic rings. The first-order chi connectivity index (χ1) is 8.61. The lowest BCUT2D eigenvalue weighted by Gasteiger charge is -2.34. The van der Waals surface area contributed by atoms with E-state index < -0.39 is 0 Å². The van der Waals surface area contributed by atoms with Gasteiger partial charge in [0, 0.05) is 39.8 Å². The second-order valence-corrected chi connectivity index (χ2v) is 7.14. The van der Waals surface area contributed by atoms with Crippen LogP contribution in [0.4, 0.5) is 5.69 Å². The van der Waals surface area contributed by atoms with Crippen molar-refractivity contribution in [2.24, 2.45) is 5.73 Å². The molecule has 2 rings (SSSR count). The zero-order chi connectivity index (χ0) is 13.1. The first-order valence-corrected chi connectivity index (χ1v) is 8.32. The largest absolute Gasteiger partial charge is 0.389 e. The van der Waals surface area contributed by atoms with Gasteiger partial charge >= 0.3 is 0 Å². The second-order valence-electron chi connectivity index (χ2n) is 4.37. The summed E-state index contributed by atoms with van der Waals surface area (Å²) in [5.41, 5.74) is 7.97. The Bertz CT molecular complexity index is 451. The predicted molar refractivity (Wildman–Crippen MR) is 88.8 cm³/mol. The van der Waals surface area contributed by atoms with Crippen molar-refractivity contribution in [3.05, 3.63) is 28.2 Å². The monoisotopic (exact) mass is 344 g/mol. The van der Waals surface area contributed by atoms with E-state index in [9.17, 15) is 0 Å². The minimum Gasteiger partial charge on any atom is -0.389 e. The topological polar surface area (TPSA) is 29.3 Å². The van der Waals surface area contributed by atoms with Gasteiger partial charge in [0.05, 0.1) is 0 Å². The summed E-state index contributed by atoms with van der Waals surface area (Å²) in [7, 11) is 0. The quantitative estimate of drug-likeness (QED) is 0.850. The van der Waals surface area contributed by atoms with Gasteiger partial charge in [-0.05, 0) is 24.6 Å². The highest BCUT2D eigenvalue weighted by molar-refractivity contribution is 9.10. The fourth-order valence-electron chi connectivity index (χ4n) is 2.16. The number of hydrogen-bond donors (Lipinski definition) is 1. The molecule has 0 spiro atoms. The smallest absolute Gasteiger partial charge is 0.106 e. The highest BCUT2D eigenvalue weighted by Crippen LogP contribution is 2.30. The molecule has 2 N–H and O–H groups in total. The third-order valence-electron chi connectivity index (χ3n) is 3.16. The van der Waals surface area contributed by atoms with Crippen LogP contribution in [0.25, 0.3) is 0 Å². The molecular formula is C13H17BrN2S2. The lowest BCUT2D eigenvalue weighted by molar-refractivity contribution is 0.728. The molecule has 1 aliphatic rings. The van der Waals surface area contributed by atoms with Gasteiger partial charge < -0.3 is 10.6 Å². The van der Waals surface area contributed by atoms with Crippen molar-refractivity contribution in [3.63, 3.8) is 0 Å². The van der Waals surface area contributed by atoms with Crippen LogP contribution in [0.5, 0.6) is 0 Å². The molecular weight excluding hydrogens is 328 g/mol. The summed E-state index contributed by atoms with van der Waals surface area (Å²) in [6, 6.07) is 6.12. The molecule has 1 aromatic carbocycles. The van der Waals surface area contributed by atoms with Crippen LogP contribution >= 0.6 is 39.9 Å². The fraction of sp³-hybridized carbons (Fsp3) is 0.462. The van der Waals surface area contributed by atoms with Crippen molar-refractivity contribution < 1.29 is 0 Å². The molecule has 0 amide bonds. The van der Waals surface area contributed by atoms with E-state index in [0.29, 0.717) is 10.2 Å². The maximum Gasteiger partial charge on any atom is 0.106 e. The van der Waals surface area contributed by atoms with Gasteiger partial charge in [-0.2, -0.15) is 11.8 Å². The number of halogens is 1. The van der Waals surface area contributed by atoms with E-state index in [4.69, 9.17) is 18.0 Å². The van der Waals surface area contributed by atoms with E-state index in [2.05, 4.69) is 45.6 Å². The summed E-state index contributed by atoms with van der Waals surface area (Å²) in [5.74, 6) is 1.17. The molecule has 1 atom stereocenters. The van der Waals surface area contributed by atoms with Crippen LogP contribution in [0.2, 0.25) is 0 Å². The molecule has 1 heterocycles. The van der Waals surface area contributed by atoms with Crippen LogP contribution in [0.15, 0.2) is 22.7 Å². The van der Waals surface area contributed by atoms with Crippen LogP contribution in [0, 0.1) is 0 Å². The summed E-state index contributed by atoms with van der Waals surface area (Å²) in [6.45, 7) is 4.39. The Morgan fingerprint density at radius 2 is 2.39 bits per heavy atom. The highest BCUT2D eigenvalue weighted by Gasteiger charge is 2.21. The van der Waals surface area contributed by atoms with Crippen molar-refractivity contribution in [1.82, 2.24) is 0 Å². The lowest BCUT2D eigenvalue weighted by atomic mass is 10.1. The molecule has 0 aliphatic carbocycles. The Morgan fingerprint density at radius 3 is 3.06 bits per heavy atom. The molecule has 0 aromatic heterocycles. The summed E-state index contributed by atoms with van der Waals surface area (Å²) in [5, 5.41) is 0.705. The molecule has 1 saturated heterocycles. The molecule has 0 radical (unpaired) electrons. The zero-order valence-electron chi connectivity index (χ0n) is 10.4. The van der Waals surface area contributed by atoms with Gasteiger partial charge in [0.2, 0.25) is 0 Å². The van der Waals surface area contributed by atoms with Crippen molar-refractivity contribution in [2.75, 3.05) is 23.7 Å². The lowest BCUT2D eigenvalue weighted by Crippen LogP contribution is -2.38. The van der Waals surface area contributed by atoms with Crippen molar-refractivity contribution >= 4 is 50.6 Å². The van der Waals surface area contributed by atoms with Gasteiger partial charge in [-0.3, -0.25) is 0 Å². The Hall–Kier alpha value is -0.260. The van der Waals surface area contributed by atoms with Crippen LogP contribution in [0.3, 0.4) is 0 Å². The third-order valence-corrected chi connectivity index (χ3v) is 5.25. The molecule has 2 nitrogen and oxygen atoms in total. The molecule has 0 bridgehead atoms. The predicted octanol–water partition coefficient (Wildman–Crippen LogP) is 3.42. The van der Waals surface area contributed by atoms with Gasteiger partial charge in [0.15, 0.2) is 0 Å². The van der Waals surface area contributed by atoms with E-state index in [0.717, 1.165) is 28.8 Å². The van der Waals surface area contributed by atoms with E-state index in [1.165, 1.54) is 12.2 Å². The van der Waals surface area contributed by atoms with Crippen molar-refractivity contribution in [2.45, 2.75) is 18.6 Å². The maximum atomic E-state index is 5.82. The Morgan fingerprint density at radius 1 is 1.61 bits per heavy atom. The molecule has 98 valence electrons. The van der Waals surface area contributed by atoms with E-state index in [1.807, 2.05) is 12.1 Å². The molecule has 5 heteroatoms. The Kier molecular flexibility index (Phi) is 4.92. The number of nitrogens with two attached hydrogens (primary N) is 1. The number of thioether (sulfide) groups is 1. The Labute approximate surface area is 126 Å². The number of rotatable bonds is 3. The normalized spacial score (nSPS) is 19.9. The van der Waals surface area contributed by atoms with E-state index in [-0.39, 0.29) is 0 Å². The standard InChI is InChI=1S/C13H17BrN2S2/c1-2-10-8-16(5-6-18-10)12-7-9(14)3-4-11(12)13(15)17/h3-4,7,10H,2,5-6,8H2,1H3,(H2,15,17). The molecule has 1 aliphatic heterocycles. The number of anilines is 1. The third kappa shape index (κ3) is 3.19. The number of nitrogens with zero attached hydrogens (tertiary/aromatic N) is 1. The zero-order valence-corrected chi connectivity index (χ0v) is 13.6. The minimum absolute atomic E-state index is 0.476. The van der Waals surface area contributed by atoms with Gasteiger partial charge in [0.1, 0.15) is 4.99 Å². The summed E-state index contributed by atoms with van der Waals surface area (Å²) < 4.78 is 1.07. The van der Waals surface area contributed by atoms with Crippen LogP contribution in [-0.2, 0) is 0 Å². The summed E-state index contributed by atoms with van der Waals surface area (Å²) >= 11 is 10.7. The molecule has 1 unspecified atom stereocenters. The summed E-state index contributed by atoms with van der Waals surface area (Å²) in [4.78, 5) is 2.88. The number of hydrogen-bond acceptors (Lipinski definition) is 3. The van der Waals surface area contributed by atoms with E-state index >= 15 is 0 Å². The SMILES string of the molecule is CCC1CN(c2cc(Br)ccc2C(N)=S)CCS1. The van der Waals surface area contributed by atoms with Gasteiger partial charge in [-0.1, -0.05) is 35.1 Å². The minimum atomic E-state index is 0.476. The van der Waals surface area contributed by atoms with Gasteiger partial charge in [-0.15, -0.1) is 0 Å². The summed E-state index contributed by atoms with van der Waals surface area (Å²) in [6.07, 6.45) is 1.21. The molecule has 1 fully saturated rings. The van der Waals surface area contributed by atoms with Crippen LogP contribution < -0.4 is 10.6 Å². The van der Waals surface area contributed by atoms with Crippen molar-refractivity contribution in [3.8, 4) is 0 Å². The maximum absolute atomic E-state index is 5.82. The number of benzene rings is 1. The fourth-order valence-corrected chi connectivity index (χ4v) is 3.86. The first-order valence-electron chi connectivity index (χ1n) is 6.07. The van der Waals surface area contributed by atoms with E-state index in [1.54, 1.807) is 0 Å². The van der Waals surface area contributed by atoms with Gasteiger partial charge in [-0.25, -0.2) is 0 Å². The van der Waals surface area contributed by atoms with Gasteiger partial charge in [0.25, 0.3) is 0 Å². The molecule has 0 saturated carbocycles. The second kappa shape index (κ2) is 6.26. The van der Waals surface area contributed by atoms with Crippen LogP contribution in [-0.4, -0.2) is 29.1 Å². The number of thiocarbonyl (C=S) groups is 1. The van der Waals surface area contributed by atoms with Crippen molar-refractivity contribution in [1.29, 1.82) is 0 Å². The van der Waals surface area contributed by atoms with Crippen LogP contribution in [0.1, 0.15) is 18.9 Å². The molecule has 18 heavy (non-hydrogen) atoms. The average Bonchev–Trinajstić information content (AvgIpc) is 2.38.